The molecule has 0 radical (unpaired) electrons. The van der Waals surface area contributed by atoms with Crippen LogP contribution in [0.3, 0.4) is 0 Å². The zero-order chi connectivity index (χ0) is 24.8. The van der Waals surface area contributed by atoms with Gasteiger partial charge in [0, 0.05) is 43.6 Å². The number of hydrogen-bond acceptors (Lipinski definition) is 7. The highest BCUT2D eigenvalue weighted by Crippen LogP contribution is 2.33. The highest BCUT2D eigenvalue weighted by Gasteiger charge is 2.28. The zero-order valence-corrected chi connectivity index (χ0v) is 21.0. The molecule has 3 heterocycles. The lowest BCUT2D eigenvalue weighted by Gasteiger charge is -2.33. The number of carbonyl (C=O) groups excluding carboxylic acids is 1. The molecule has 0 bridgehead atoms. The summed E-state index contributed by atoms with van der Waals surface area (Å²) in [7, 11) is 1.37. The third-order valence-electron chi connectivity index (χ3n) is 6.95. The van der Waals surface area contributed by atoms with Crippen molar-refractivity contribution in [2.45, 2.75) is 57.5 Å². The van der Waals surface area contributed by atoms with Crippen LogP contribution in [0.4, 0.5) is 20.8 Å². The van der Waals surface area contributed by atoms with Gasteiger partial charge in [-0.3, -0.25) is 0 Å². The summed E-state index contributed by atoms with van der Waals surface area (Å²) in [4.78, 5) is 20.4. The normalized spacial score (nSPS) is 21.7. The Balaban J connectivity index is 1.42. The SMILES string of the molecule is COC(=O)NC1CCC(Nc2cc(-c3ccc(F)c(NCC4(C)CCOCC4)n3)c(Cl)cn2)CC1. The van der Waals surface area contributed by atoms with Crippen LogP contribution in [0.15, 0.2) is 24.4 Å². The van der Waals surface area contributed by atoms with Gasteiger partial charge in [-0.15, -0.1) is 0 Å². The molecule has 2 aromatic rings. The maximum atomic E-state index is 14.5. The van der Waals surface area contributed by atoms with E-state index in [2.05, 4.69) is 37.6 Å². The van der Waals surface area contributed by atoms with E-state index in [9.17, 15) is 9.18 Å². The largest absolute Gasteiger partial charge is 0.453 e. The second kappa shape index (κ2) is 11.4. The minimum atomic E-state index is -0.398. The average Bonchev–Trinajstić information content (AvgIpc) is 2.86. The molecule has 10 heteroatoms. The number of nitrogens with one attached hydrogen (secondary N) is 3. The van der Waals surface area contributed by atoms with Crippen molar-refractivity contribution in [1.29, 1.82) is 0 Å². The number of nitrogens with zero attached hydrogens (tertiary/aromatic N) is 2. The van der Waals surface area contributed by atoms with Gasteiger partial charge in [0.15, 0.2) is 11.6 Å². The van der Waals surface area contributed by atoms with Crippen LogP contribution in [0.2, 0.25) is 5.02 Å². The third kappa shape index (κ3) is 6.73. The van der Waals surface area contributed by atoms with Gasteiger partial charge in [0.2, 0.25) is 0 Å². The molecule has 35 heavy (non-hydrogen) atoms. The maximum absolute atomic E-state index is 14.5. The Bertz CT molecular complexity index is 1030. The van der Waals surface area contributed by atoms with E-state index >= 15 is 0 Å². The molecule has 2 aromatic heterocycles. The molecule has 2 aliphatic rings. The second-order valence-electron chi connectivity index (χ2n) is 9.68. The number of ether oxygens (including phenoxy) is 2. The van der Waals surface area contributed by atoms with Gasteiger partial charge in [0.25, 0.3) is 0 Å². The Morgan fingerprint density at radius 1 is 1.23 bits per heavy atom. The lowest BCUT2D eigenvalue weighted by atomic mass is 9.82. The van der Waals surface area contributed by atoms with E-state index in [1.54, 1.807) is 12.3 Å². The fourth-order valence-electron chi connectivity index (χ4n) is 4.58. The van der Waals surface area contributed by atoms with Gasteiger partial charge in [-0.2, -0.15) is 0 Å². The van der Waals surface area contributed by atoms with E-state index in [4.69, 9.17) is 16.3 Å². The van der Waals surface area contributed by atoms with Crippen molar-refractivity contribution in [2.24, 2.45) is 5.41 Å². The molecule has 4 rings (SSSR count). The van der Waals surface area contributed by atoms with Crippen LogP contribution in [0.5, 0.6) is 0 Å². The van der Waals surface area contributed by atoms with E-state index in [1.807, 2.05) is 6.07 Å². The van der Waals surface area contributed by atoms with Crippen LogP contribution < -0.4 is 16.0 Å². The van der Waals surface area contributed by atoms with Crippen LogP contribution in [-0.2, 0) is 9.47 Å². The van der Waals surface area contributed by atoms with Gasteiger partial charge >= 0.3 is 6.09 Å². The van der Waals surface area contributed by atoms with Crippen molar-refractivity contribution in [2.75, 3.05) is 37.5 Å². The first-order valence-corrected chi connectivity index (χ1v) is 12.5. The van der Waals surface area contributed by atoms with Crippen molar-refractivity contribution in [1.82, 2.24) is 15.3 Å². The summed E-state index contributed by atoms with van der Waals surface area (Å²) in [5, 5.41) is 9.97. The second-order valence-corrected chi connectivity index (χ2v) is 10.1. The van der Waals surface area contributed by atoms with E-state index in [0.29, 0.717) is 28.6 Å². The highest BCUT2D eigenvalue weighted by molar-refractivity contribution is 6.33. The lowest BCUT2D eigenvalue weighted by Crippen LogP contribution is -2.40. The quantitative estimate of drug-likeness (QED) is 0.473. The predicted octanol–water partition coefficient (Wildman–Crippen LogP) is 5.24. The molecule has 1 saturated carbocycles. The Hall–Kier alpha value is -2.65. The molecule has 1 amide bonds. The molecule has 1 aliphatic heterocycles. The highest BCUT2D eigenvalue weighted by atomic mass is 35.5. The number of alkyl carbamates (subject to hydrolysis) is 1. The number of methoxy groups -OCH3 is 1. The zero-order valence-electron chi connectivity index (χ0n) is 20.2. The Labute approximate surface area is 210 Å². The topological polar surface area (TPSA) is 97.4 Å². The number of anilines is 2. The van der Waals surface area contributed by atoms with Gasteiger partial charge in [-0.1, -0.05) is 18.5 Å². The monoisotopic (exact) mass is 505 g/mol. The van der Waals surface area contributed by atoms with Crippen molar-refractivity contribution in [3.8, 4) is 11.3 Å². The summed E-state index contributed by atoms with van der Waals surface area (Å²) in [5.74, 6) is 0.503. The van der Waals surface area contributed by atoms with Gasteiger partial charge in [0.05, 0.1) is 17.8 Å². The van der Waals surface area contributed by atoms with Gasteiger partial charge in [-0.25, -0.2) is 19.2 Å². The van der Waals surface area contributed by atoms with Gasteiger partial charge in [0.1, 0.15) is 5.82 Å². The van der Waals surface area contributed by atoms with Crippen molar-refractivity contribution < 1.29 is 18.7 Å². The predicted molar refractivity (Wildman–Crippen MR) is 134 cm³/mol. The number of rotatable bonds is 7. The number of hydrogen-bond donors (Lipinski definition) is 3. The average molecular weight is 506 g/mol. The van der Waals surface area contributed by atoms with E-state index in [0.717, 1.165) is 51.7 Å². The first-order valence-electron chi connectivity index (χ1n) is 12.1. The molecular weight excluding hydrogens is 473 g/mol. The summed E-state index contributed by atoms with van der Waals surface area (Å²) in [5.41, 5.74) is 1.30. The summed E-state index contributed by atoms with van der Waals surface area (Å²) < 4.78 is 24.7. The lowest BCUT2D eigenvalue weighted by molar-refractivity contribution is 0.0299. The summed E-state index contributed by atoms with van der Waals surface area (Å²) in [6.45, 7) is 4.25. The molecule has 0 unspecified atom stereocenters. The third-order valence-corrected chi connectivity index (χ3v) is 7.25. The number of aromatic nitrogens is 2. The Kier molecular flexibility index (Phi) is 8.28. The fourth-order valence-corrected chi connectivity index (χ4v) is 4.79. The van der Waals surface area contributed by atoms with Crippen LogP contribution >= 0.6 is 11.6 Å². The van der Waals surface area contributed by atoms with Crippen LogP contribution in [-0.4, -0.2) is 55.0 Å². The molecule has 0 atom stereocenters. The van der Waals surface area contributed by atoms with Crippen LogP contribution in [0.25, 0.3) is 11.3 Å². The maximum Gasteiger partial charge on any atom is 0.407 e. The molecule has 0 spiro atoms. The van der Waals surface area contributed by atoms with E-state index in [1.165, 1.54) is 13.2 Å². The van der Waals surface area contributed by atoms with Crippen LogP contribution in [0, 0.1) is 11.2 Å². The fraction of sp³-hybridized carbons (Fsp3) is 0.560. The number of carbonyl (C=O) groups is 1. The summed E-state index contributed by atoms with van der Waals surface area (Å²) in [6, 6.07) is 5.24. The number of amides is 1. The van der Waals surface area contributed by atoms with Crippen molar-refractivity contribution in [3.05, 3.63) is 35.2 Å². The van der Waals surface area contributed by atoms with Crippen molar-refractivity contribution in [3.63, 3.8) is 0 Å². The minimum Gasteiger partial charge on any atom is -0.453 e. The molecule has 1 saturated heterocycles. The molecule has 190 valence electrons. The molecule has 2 fully saturated rings. The molecule has 3 N–H and O–H groups in total. The molecule has 8 nitrogen and oxygen atoms in total. The number of pyridine rings is 2. The first kappa shape index (κ1) is 25.4. The van der Waals surface area contributed by atoms with Crippen LogP contribution in [0.1, 0.15) is 45.4 Å². The Morgan fingerprint density at radius 2 is 1.94 bits per heavy atom. The molecule has 1 aliphatic carbocycles. The van der Waals surface area contributed by atoms with Crippen molar-refractivity contribution >= 4 is 29.3 Å². The van der Waals surface area contributed by atoms with Gasteiger partial charge < -0.3 is 25.4 Å². The molecular formula is C25H33ClFN5O3. The van der Waals surface area contributed by atoms with E-state index in [-0.39, 0.29) is 23.3 Å². The first-order chi connectivity index (χ1) is 16.8. The Morgan fingerprint density at radius 3 is 2.66 bits per heavy atom. The summed E-state index contributed by atoms with van der Waals surface area (Å²) in [6.07, 6.45) is 6.53. The van der Waals surface area contributed by atoms with Gasteiger partial charge in [-0.05, 0) is 62.1 Å². The minimum absolute atomic E-state index is 0.0408. The smallest absolute Gasteiger partial charge is 0.407 e. The van der Waals surface area contributed by atoms with E-state index < -0.39 is 11.9 Å². The summed E-state index contributed by atoms with van der Waals surface area (Å²) >= 11 is 6.46. The molecule has 0 aromatic carbocycles. The standard InChI is InChI=1S/C25H33ClFN5O3/c1-25(9-11-35-12-10-25)15-29-23-20(27)7-8-21(32-23)18-13-22(28-14-19(18)26)30-16-3-5-17(6-4-16)31-24(33)34-2/h7-8,13-14,16-17H,3-6,9-12,15H2,1-2H3,(H,28,30)(H,29,32)(H,31,33). The number of halogens is 2.